The molecule has 0 aromatic carbocycles. The van der Waals surface area contributed by atoms with Crippen LogP contribution in [-0.2, 0) is 4.74 Å². The zero-order valence-electron chi connectivity index (χ0n) is 13.6. The molecule has 0 aromatic rings. The first kappa shape index (κ1) is 14.7. The number of piperazine rings is 3. The lowest BCUT2D eigenvalue weighted by molar-refractivity contribution is 0.0174. The summed E-state index contributed by atoms with van der Waals surface area (Å²) in [7, 11) is 0. The first-order chi connectivity index (χ1) is 10.8. The van der Waals surface area contributed by atoms with E-state index in [1.54, 1.807) is 0 Å². The van der Waals surface area contributed by atoms with Crippen LogP contribution in [0.1, 0.15) is 26.2 Å². The first-order valence-electron chi connectivity index (χ1n) is 8.98. The van der Waals surface area contributed by atoms with Gasteiger partial charge in [0.15, 0.2) is 5.96 Å². The second kappa shape index (κ2) is 6.34. The molecule has 5 saturated heterocycles. The molecule has 4 unspecified atom stereocenters. The highest BCUT2D eigenvalue weighted by Gasteiger charge is 2.41. The highest BCUT2D eigenvalue weighted by molar-refractivity contribution is 5.80. The summed E-state index contributed by atoms with van der Waals surface area (Å²) >= 11 is 0. The molecule has 0 radical (unpaired) electrons. The SMILES string of the molecule is CCNC(=NCC1CN2CCN1CC2)NC1CC2CCC1O2. The van der Waals surface area contributed by atoms with Crippen LogP contribution in [0.25, 0.3) is 0 Å². The van der Waals surface area contributed by atoms with Crippen LogP contribution < -0.4 is 10.6 Å². The standard InChI is InChI=1S/C16H29N5O/c1-2-17-16(19-14-9-13-3-4-15(14)22-13)18-10-12-11-20-5-7-21(12)8-6-20/h12-15H,2-11H2,1H3,(H2,17,18,19). The van der Waals surface area contributed by atoms with Gasteiger partial charge in [-0.25, -0.2) is 0 Å². The van der Waals surface area contributed by atoms with E-state index in [-0.39, 0.29) is 0 Å². The summed E-state index contributed by atoms with van der Waals surface area (Å²) in [5.74, 6) is 0.973. The van der Waals surface area contributed by atoms with E-state index in [1.165, 1.54) is 45.6 Å². The maximum Gasteiger partial charge on any atom is 0.191 e. The number of aliphatic imine (C=N–C) groups is 1. The van der Waals surface area contributed by atoms with E-state index < -0.39 is 0 Å². The van der Waals surface area contributed by atoms with Crippen LogP contribution in [0.5, 0.6) is 0 Å². The largest absolute Gasteiger partial charge is 0.373 e. The van der Waals surface area contributed by atoms with Gasteiger partial charge < -0.3 is 15.4 Å². The molecule has 0 aromatic heterocycles. The highest BCUT2D eigenvalue weighted by Crippen LogP contribution is 2.34. The minimum atomic E-state index is 0.398. The Balaban J connectivity index is 1.34. The number of nitrogens with zero attached hydrogens (tertiary/aromatic N) is 3. The van der Waals surface area contributed by atoms with Gasteiger partial charge in [0.2, 0.25) is 0 Å². The van der Waals surface area contributed by atoms with Gasteiger partial charge in [0.1, 0.15) is 0 Å². The Morgan fingerprint density at radius 1 is 1.23 bits per heavy atom. The normalized spacial score (nSPS) is 43.6. The molecule has 5 heterocycles. The lowest BCUT2D eigenvalue weighted by Gasteiger charge is -2.47. The molecule has 5 fully saturated rings. The minimum absolute atomic E-state index is 0.398. The van der Waals surface area contributed by atoms with E-state index >= 15 is 0 Å². The summed E-state index contributed by atoms with van der Waals surface area (Å²) in [6.45, 7) is 10.0. The molecule has 0 amide bonds. The Labute approximate surface area is 133 Å². The van der Waals surface area contributed by atoms with Crippen LogP contribution in [0.2, 0.25) is 0 Å². The molecule has 124 valence electrons. The van der Waals surface area contributed by atoms with Crippen molar-refractivity contribution in [2.75, 3.05) is 45.8 Å². The second-order valence-electron chi connectivity index (χ2n) is 7.07. The molecule has 4 bridgehead atoms. The summed E-state index contributed by atoms with van der Waals surface area (Å²) in [4.78, 5) is 10.1. The number of guanidine groups is 1. The topological polar surface area (TPSA) is 52.1 Å². The fourth-order valence-electron chi connectivity index (χ4n) is 4.38. The Hall–Kier alpha value is -0.850. The smallest absolute Gasteiger partial charge is 0.191 e. The Morgan fingerprint density at radius 2 is 2.09 bits per heavy atom. The third kappa shape index (κ3) is 2.96. The molecule has 6 nitrogen and oxygen atoms in total. The summed E-state index contributed by atoms with van der Waals surface area (Å²) in [6, 6.07) is 1.04. The molecule has 0 aliphatic carbocycles. The molecule has 5 aliphatic heterocycles. The number of rotatable bonds is 4. The number of ether oxygens (including phenoxy) is 1. The van der Waals surface area contributed by atoms with Crippen molar-refractivity contribution in [3.63, 3.8) is 0 Å². The van der Waals surface area contributed by atoms with Crippen LogP contribution in [0.4, 0.5) is 0 Å². The average molecular weight is 307 g/mol. The quantitative estimate of drug-likeness (QED) is 0.559. The lowest BCUT2D eigenvalue weighted by Crippen LogP contribution is -2.62. The van der Waals surface area contributed by atoms with Gasteiger partial charge in [-0.2, -0.15) is 0 Å². The zero-order valence-corrected chi connectivity index (χ0v) is 13.6. The molecule has 2 N–H and O–H groups in total. The maximum absolute atomic E-state index is 5.94. The summed E-state index contributed by atoms with van der Waals surface area (Å²) in [5, 5.41) is 7.02. The molecule has 4 atom stereocenters. The Bertz CT molecular complexity index is 421. The van der Waals surface area contributed by atoms with Crippen LogP contribution in [0.15, 0.2) is 4.99 Å². The zero-order chi connectivity index (χ0) is 14.9. The molecule has 0 saturated carbocycles. The third-order valence-corrected chi connectivity index (χ3v) is 5.62. The molecule has 5 aliphatic rings. The molecular formula is C16H29N5O. The molecular weight excluding hydrogens is 278 g/mol. The third-order valence-electron chi connectivity index (χ3n) is 5.62. The van der Waals surface area contributed by atoms with E-state index in [0.717, 1.165) is 25.5 Å². The van der Waals surface area contributed by atoms with Gasteiger partial charge in [-0.15, -0.1) is 0 Å². The van der Waals surface area contributed by atoms with E-state index in [9.17, 15) is 0 Å². The van der Waals surface area contributed by atoms with Gasteiger partial charge in [-0.1, -0.05) is 0 Å². The number of hydrogen-bond donors (Lipinski definition) is 2. The van der Waals surface area contributed by atoms with Crippen molar-refractivity contribution in [1.82, 2.24) is 20.4 Å². The van der Waals surface area contributed by atoms with E-state index in [1.807, 2.05) is 0 Å². The minimum Gasteiger partial charge on any atom is -0.373 e. The first-order valence-corrected chi connectivity index (χ1v) is 8.98. The van der Waals surface area contributed by atoms with Crippen molar-refractivity contribution >= 4 is 5.96 Å². The molecule has 0 spiro atoms. The molecule has 22 heavy (non-hydrogen) atoms. The van der Waals surface area contributed by atoms with Crippen molar-refractivity contribution in [3.8, 4) is 0 Å². The number of hydrogen-bond acceptors (Lipinski definition) is 4. The fraction of sp³-hybridized carbons (Fsp3) is 0.938. The summed E-state index contributed by atoms with van der Waals surface area (Å²) in [5.41, 5.74) is 0. The summed E-state index contributed by atoms with van der Waals surface area (Å²) < 4.78 is 5.94. The summed E-state index contributed by atoms with van der Waals surface area (Å²) in [6.07, 6.45) is 4.46. The Kier molecular flexibility index (Phi) is 4.24. The van der Waals surface area contributed by atoms with Gasteiger partial charge in [-0.05, 0) is 26.2 Å². The van der Waals surface area contributed by atoms with Gasteiger partial charge in [0.25, 0.3) is 0 Å². The van der Waals surface area contributed by atoms with Gasteiger partial charge in [0.05, 0.1) is 24.8 Å². The molecule has 6 heteroatoms. The maximum atomic E-state index is 5.94. The number of nitrogens with one attached hydrogen (secondary N) is 2. The van der Waals surface area contributed by atoms with Gasteiger partial charge in [-0.3, -0.25) is 14.8 Å². The molecule has 5 rings (SSSR count). The van der Waals surface area contributed by atoms with E-state index in [2.05, 4.69) is 27.4 Å². The van der Waals surface area contributed by atoms with Crippen LogP contribution in [-0.4, -0.2) is 85.9 Å². The highest BCUT2D eigenvalue weighted by atomic mass is 16.5. The Morgan fingerprint density at radius 3 is 2.68 bits per heavy atom. The monoisotopic (exact) mass is 307 g/mol. The van der Waals surface area contributed by atoms with Crippen molar-refractivity contribution in [2.24, 2.45) is 4.99 Å². The number of fused-ring (bicyclic) bond motifs is 5. The van der Waals surface area contributed by atoms with Gasteiger partial charge >= 0.3 is 0 Å². The average Bonchev–Trinajstić information content (AvgIpc) is 3.17. The van der Waals surface area contributed by atoms with Crippen molar-refractivity contribution < 1.29 is 4.74 Å². The van der Waals surface area contributed by atoms with Crippen molar-refractivity contribution in [1.29, 1.82) is 0 Å². The van der Waals surface area contributed by atoms with E-state index in [0.29, 0.717) is 24.3 Å². The predicted molar refractivity (Wildman–Crippen MR) is 87.2 cm³/mol. The van der Waals surface area contributed by atoms with Crippen LogP contribution >= 0.6 is 0 Å². The van der Waals surface area contributed by atoms with Crippen LogP contribution in [0.3, 0.4) is 0 Å². The van der Waals surface area contributed by atoms with Crippen molar-refractivity contribution in [3.05, 3.63) is 0 Å². The van der Waals surface area contributed by atoms with Crippen molar-refractivity contribution in [2.45, 2.75) is 50.5 Å². The van der Waals surface area contributed by atoms with E-state index in [4.69, 9.17) is 9.73 Å². The van der Waals surface area contributed by atoms with Gasteiger partial charge in [0, 0.05) is 45.3 Å². The lowest BCUT2D eigenvalue weighted by atomic mass is 9.96. The fourth-order valence-corrected chi connectivity index (χ4v) is 4.38. The van der Waals surface area contributed by atoms with Crippen LogP contribution in [0, 0.1) is 0 Å². The second-order valence-corrected chi connectivity index (χ2v) is 7.07. The predicted octanol–water partition coefficient (Wildman–Crippen LogP) is -0.139.